The third-order valence-electron chi connectivity index (χ3n) is 3.19. The minimum Gasteiger partial charge on any atom is -0.358 e. The van der Waals surface area contributed by atoms with Gasteiger partial charge in [-0.25, -0.2) is 4.90 Å². The zero-order chi connectivity index (χ0) is 17.9. The Labute approximate surface area is 138 Å². The summed E-state index contributed by atoms with van der Waals surface area (Å²) in [7, 11) is 0. The third kappa shape index (κ3) is 6.53. The summed E-state index contributed by atoms with van der Waals surface area (Å²) in [5.74, 6) is 0. The number of rotatable bonds is 9. The molecule has 0 atom stereocenters. The van der Waals surface area contributed by atoms with Crippen LogP contribution in [0.1, 0.15) is 83.1 Å². The van der Waals surface area contributed by atoms with Gasteiger partial charge in [-0.3, -0.25) is 0 Å². The molecule has 0 spiro atoms. The molecule has 0 unspecified atom stereocenters. The topological polar surface area (TPSA) is 30.9 Å². The summed E-state index contributed by atoms with van der Waals surface area (Å²) in [6.45, 7) is 24.7. The van der Waals surface area contributed by atoms with Crippen LogP contribution in [0.5, 0.6) is 0 Å². The molecule has 4 nitrogen and oxygen atoms in total. The molecule has 0 saturated heterocycles. The Balaban J connectivity index is 5.77. The van der Waals surface area contributed by atoms with Crippen molar-refractivity contribution in [3.05, 3.63) is 0 Å². The van der Waals surface area contributed by atoms with Gasteiger partial charge in [0.15, 0.2) is 0 Å². The van der Waals surface area contributed by atoms with E-state index in [-0.39, 0.29) is 18.3 Å². The summed E-state index contributed by atoms with van der Waals surface area (Å²) in [5.41, 5.74) is -1.61. The van der Waals surface area contributed by atoms with Crippen molar-refractivity contribution < 1.29 is 14.2 Å². The molecule has 0 heterocycles. The van der Waals surface area contributed by atoms with Gasteiger partial charge >= 0.3 is 0 Å². The lowest BCUT2D eigenvalue weighted by Gasteiger charge is -2.56. The first-order valence-corrected chi connectivity index (χ1v) is 8.45. The fraction of sp³-hybridized carbons (Fsp3) is 1.00. The fourth-order valence-corrected chi connectivity index (χ4v) is 3.83. The Morgan fingerprint density at radius 2 is 0.682 bits per heavy atom. The lowest BCUT2D eigenvalue weighted by Crippen LogP contribution is -2.67. The average molecular weight is 318 g/mol. The Kier molecular flexibility index (Phi) is 7.55. The lowest BCUT2D eigenvalue weighted by molar-refractivity contribution is -0.340. The Hall–Kier alpha value is -0.160. The maximum atomic E-state index is 6.20. The SMILES string of the molecule is CC(C)OC(C)(C)N(C(C)(C)OC(C)C)C(C)(C)OC(C)C. The molecular formula is C18H39NO3. The van der Waals surface area contributed by atoms with Crippen molar-refractivity contribution >= 4 is 0 Å². The molecule has 22 heavy (non-hydrogen) atoms. The van der Waals surface area contributed by atoms with E-state index in [9.17, 15) is 0 Å². The van der Waals surface area contributed by atoms with Gasteiger partial charge in [0.2, 0.25) is 0 Å². The van der Waals surface area contributed by atoms with E-state index in [4.69, 9.17) is 14.2 Å². The minimum atomic E-state index is -0.537. The molecule has 0 radical (unpaired) electrons. The first kappa shape index (κ1) is 21.8. The van der Waals surface area contributed by atoms with Gasteiger partial charge in [0.05, 0.1) is 18.3 Å². The predicted octanol–water partition coefficient (Wildman–Crippen LogP) is 4.77. The number of hydrogen-bond acceptors (Lipinski definition) is 4. The van der Waals surface area contributed by atoms with Crippen LogP contribution in [-0.2, 0) is 14.2 Å². The largest absolute Gasteiger partial charge is 0.358 e. The van der Waals surface area contributed by atoms with Gasteiger partial charge in [0.25, 0.3) is 0 Å². The maximum Gasteiger partial charge on any atom is 0.120 e. The van der Waals surface area contributed by atoms with Gasteiger partial charge in [0.1, 0.15) is 17.2 Å². The molecule has 0 aliphatic carbocycles. The monoisotopic (exact) mass is 317 g/mol. The van der Waals surface area contributed by atoms with E-state index in [0.29, 0.717) is 0 Å². The molecule has 0 aliphatic rings. The highest BCUT2D eigenvalue weighted by atomic mass is 16.6. The highest BCUT2D eigenvalue weighted by Gasteiger charge is 2.49. The van der Waals surface area contributed by atoms with Crippen molar-refractivity contribution in [1.82, 2.24) is 4.90 Å². The summed E-state index contributed by atoms with van der Waals surface area (Å²) < 4.78 is 18.6. The van der Waals surface area contributed by atoms with Gasteiger partial charge in [-0.2, -0.15) is 0 Å². The lowest BCUT2D eigenvalue weighted by atomic mass is 10.0. The molecule has 0 saturated carbocycles. The van der Waals surface area contributed by atoms with Crippen molar-refractivity contribution in [3.63, 3.8) is 0 Å². The van der Waals surface area contributed by atoms with Crippen LogP contribution in [0.3, 0.4) is 0 Å². The van der Waals surface area contributed by atoms with Crippen LogP contribution in [0.4, 0.5) is 0 Å². The van der Waals surface area contributed by atoms with Crippen LogP contribution >= 0.6 is 0 Å². The van der Waals surface area contributed by atoms with Crippen LogP contribution in [0, 0.1) is 0 Å². The van der Waals surface area contributed by atoms with Gasteiger partial charge in [0, 0.05) is 0 Å². The summed E-state index contributed by atoms with van der Waals surface area (Å²) in [4.78, 5) is 2.19. The van der Waals surface area contributed by atoms with E-state index in [2.05, 4.69) is 46.4 Å². The molecule has 0 aliphatic heterocycles. The van der Waals surface area contributed by atoms with Crippen LogP contribution in [-0.4, -0.2) is 40.4 Å². The minimum absolute atomic E-state index is 0.113. The molecular weight excluding hydrogens is 278 g/mol. The summed E-state index contributed by atoms with van der Waals surface area (Å²) >= 11 is 0. The highest BCUT2D eigenvalue weighted by Crippen LogP contribution is 2.37. The molecule has 4 heteroatoms. The molecule has 0 fully saturated rings. The van der Waals surface area contributed by atoms with E-state index in [1.165, 1.54) is 0 Å². The van der Waals surface area contributed by atoms with Crippen molar-refractivity contribution in [2.45, 2.75) is 119 Å². The van der Waals surface area contributed by atoms with Gasteiger partial charge in [-0.05, 0) is 83.1 Å². The van der Waals surface area contributed by atoms with Crippen LogP contribution in [0.25, 0.3) is 0 Å². The second-order valence-corrected chi connectivity index (χ2v) is 8.18. The molecule has 0 aromatic heterocycles. The molecule has 0 rings (SSSR count). The maximum absolute atomic E-state index is 6.20. The molecule has 0 bridgehead atoms. The van der Waals surface area contributed by atoms with E-state index in [0.717, 1.165) is 0 Å². The van der Waals surface area contributed by atoms with E-state index in [1.807, 2.05) is 41.5 Å². The molecule has 0 N–H and O–H groups in total. The molecule has 0 aromatic rings. The van der Waals surface area contributed by atoms with Gasteiger partial charge in [-0.15, -0.1) is 0 Å². The number of ether oxygens (including phenoxy) is 3. The summed E-state index contributed by atoms with van der Waals surface area (Å²) in [6, 6.07) is 0. The number of nitrogens with zero attached hydrogens (tertiary/aromatic N) is 1. The first-order valence-electron chi connectivity index (χ1n) is 8.45. The quantitative estimate of drug-likeness (QED) is 0.573. The Morgan fingerprint density at radius 3 is 0.818 bits per heavy atom. The Bertz CT molecular complexity index is 281. The second kappa shape index (κ2) is 7.61. The van der Waals surface area contributed by atoms with E-state index < -0.39 is 17.2 Å². The standard InChI is InChI=1S/C18H39NO3/c1-13(2)20-16(7,8)19(17(9,10)21-14(3)4)18(11,12)22-15(5)6/h13-15H,1-12H3. The molecule has 0 aromatic carbocycles. The molecule has 0 amide bonds. The third-order valence-corrected chi connectivity index (χ3v) is 3.19. The van der Waals surface area contributed by atoms with Crippen LogP contribution in [0.2, 0.25) is 0 Å². The summed E-state index contributed by atoms with van der Waals surface area (Å²) in [5, 5.41) is 0. The van der Waals surface area contributed by atoms with Crippen molar-refractivity contribution in [2.75, 3.05) is 0 Å². The van der Waals surface area contributed by atoms with Crippen molar-refractivity contribution in [2.24, 2.45) is 0 Å². The van der Waals surface area contributed by atoms with E-state index >= 15 is 0 Å². The van der Waals surface area contributed by atoms with Crippen molar-refractivity contribution in [3.8, 4) is 0 Å². The normalized spacial score (nSPS) is 14.7. The van der Waals surface area contributed by atoms with Crippen LogP contribution < -0.4 is 0 Å². The highest BCUT2D eigenvalue weighted by molar-refractivity contribution is 4.90. The summed E-state index contributed by atoms with van der Waals surface area (Å²) in [6.07, 6.45) is 0.339. The van der Waals surface area contributed by atoms with Gasteiger partial charge in [-0.1, -0.05) is 0 Å². The van der Waals surface area contributed by atoms with Crippen molar-refractivity contribution in [1.29, 1.82) is 0 Å². The first-order chi connectivity index (χ1) is 9.62. The predicted molar refractivity (Wildman–Crippen MR) is 92.7 cm³/mol. The van der Waals surface area contributed by atoms with E-state index in [1.54, 1.807) is 0 Å². The molecule has 134 valence electrons. The zero-order valence-corrected chi connectivity index (χ0v) is 16.9. The zero-order valence-electron chi connectivity index (χ0n) is 16.9. The number of hydrogen-bond donors (Lipinski definition) is 0. The Morgan fingerprint density at radius 1 is 0.500 bits per heavy atom. The van der Waals surface area contributed by atoms with Gasteiger partial charge < -0.3 is 14.2 Å². The fourth-order valence-electron chi connectivity index (χ4n) is 3.83. The second-order valence-electron chi connectivity index (χ2n) is 8.18. The smallest absolute Gasteiger partial charge is 0.120 e. The average Bonchev–Trinajstić information content (AvgIpc) is 2.05. The van der Waals surface area contributed by atoms with Crippen LogP contribution in [0.15, 0.2) is 0 Å².